The van der Waals surface area contributed by atoms with Crippen LogP contribution in [0.2, 0.25) is 0 Å². The van der Waals surface area contributed by atoms with Crippen LogP contribution in [0.3, 0.4) is 0 Å². The van der Waals surface area contributed by atoms with Crippen molar-refractivity contribution in [1.29, 1.82) is 0 Å². The Labute approximate surface area is 187 Å². The number of hydrogen-bond acceptors (Lipinski definition) is 5. The maximum atomic E-state index is 13.1. The first-order valence-corrected chi connectivity index (χ1v) is 11.2. The molecule has 3 amide bonds. The summed E-state index contributed by atoms with van der Waals surface area (Å²) in [6, 6.07) is 10.6. The van der Waals surface area contributed by atoms with Crippen LogP contribution in [0.1, 0.15) is 40.9 Å². The number of piperidine rings is 1. The molecule has 0 bridgehead atoms. The molecule has 8 nitrogen and oxygen atoms in total. The zero-order chi connectivity index (χ0) is 22.5. The molecule has 1 aromatic heterocycles. The van der Waals surface area contributed by atoms with Gasteiger partial charge < -0.3 is 25.3 Å². The monoisotopic (exact) mass is 438 g/mol. The number of carbonyl (C=O) groups is 3. The molecule has 1 saturated heterocycles. The van der Waals surface area contributed by atoms with E-state index in [-0.39, 0.29) is 29.4 Å². The molecule has 2 atom stereocenters. The molecule has 1 aromatic carbocycles. The molecule has 2 aliphatic heterocycles. The van der Waals surface area contributed by atoms with Crippen LogP contribution in [-0.4, -0.2) is 59.7 Å². The van der Waals surface area contributed by atoms with Gasteiger partial charge in [0.2, 0.25) is 11.8 Å². The Morgan fingerprint density at radius 2 is 1.94 bits per heavy atom. The summed E-state index contributed by atoms with van der Waals surface area (Å²) in [6.45, 7) is 3.32. The lowest BCUT2D eigenvalue weighted by Gasteiger charge is -2.35. The van der Waals surface area contributed by atoms with E-state index in [1.165, 1.54) is 6.26 Å². The number of nitrogens with zero attached hydrogens (tertiary/aromatic N) is 2. The second-order valence-corrected chi connectivity index (χ2v) is 8.59. The second kappa shape index (κ2) is 9.99. The number of nitrogens with one attached hydrogen (secondary N) is 1. The topological polar surface area (TPSA) is 109 Å². The van der Waals surface area contributed by atoms with Gasteiger partial charge in [0, 0.05) is 26.1 Å². The normalized spacial score (nSPS) is 21.1. The average Bonchev–Trinajstić information content (AvgIpc) is 3.35. The number of nitrogens with two attached hydrogens (primary N) is 1. The molecule has 8 heteroatoms. The molecule has 1 fully saturated rings. The molecule has 4 rings (SSSR count). The summed E-state index contributed by atoms with van der Waals surface area (Å²) in [5, 5.41) is 3.01. The van der Waals surface area contributed by atoms with Gasteiger partial charge >= 0.3 is 0 Å². The zero-order valence-electron chi connectivity index (χ0n) is 18.2. The predicted molar refractivity (Wildman–Crippen MR) is 119 cm³/mol. The van der Waals surface area contributed by atoms with Crippen LogP contribution in [0.4, 0.5) is 0 Å². The van der Waals surface area contributed by atoms with Gasteiger partial charge in [-0.25, -0.2) is 0 Å². The Kier molecular flexibility index (Phi) is 6.90. The molecule has 0 spiro atoms. The van der Waals surface area contributed by atoms with Crippen LogP contribution in [0, 0.1) is 5.92 Å². The van der Waals surface area contributed by atoms with E-state index in [9.17, 15) is 14.4 Å². The first kappa shape index (κ1) is 22.1. The number of primary amides is 1. The summed E-state index contributed by atoms with van der Waals surface area (Å²) in [5.74, 6) is -0.525. The number of furan rings is 1. The fourth-order valence-electron chi connectivity index (χ4n) is 4.64. The highest BCUT2D eigenvalue weighted by Gasteiger charge is 2.35. The highest BCUT2D eigenvalue weighted by molar-refractivity contribution is 5.96. The van der Waals surface area contributed by atoms with Crippen molar-refractivity contribution in [2.75, 3.05) is 26.2 Å². The molecular formula is C24H30N4O4. The summed E-state index contributed by atoms with van der Waals surface area (Å²) in [5.41, 5.74) is 7.58. The number of fused-ring (bicyclic) bond motifs is 1. The SMILES string of the molecule is NC(=O)C1CCCN(CCCNC(=O)C2Cc3ccccc3CN2C(=O)c2ccco2)C1. The number of hydrogen-bond donors (Lipinski definition) is 2. The minimum Gasteiger partial charge on any atom is -0.459 e. The van der Waals surface area contributed by atoms with Crippen molar-refractivity contribution in [2.24, 2.45) is 11.7 Å². The second-order valence-electron chi connectivity index (χ2n) is 8.59. The van der Waals surface area contributed by atoms with Gasteiger partial charge in [0.15, 0.2) is 5.76 Å². The molecule has 2 aromatic rings. The molecule has 3 N–H and O–H groups in total. The Bertz CT molecular complexity index is 959. The highest BCUT2D eigenvalue weighted by Crippen LogP contribution is 2.25. The maximum absolute atomic E-state index is 13.1. The van der Waals surface area contributed by atoms with Gasteiger partial charge in [-0.3, -0.25) is 14.4 Å². The molecular weight excluding hydrogens is 408 g/mol. The highest BCUT2D eigenvalue weighted by atomic mass is 16.3. The first-order valence-electron chi connectivity index (χ1n) is 11.2. The minimum absolute atomic E-state index is 0.0816. The third-order valence-electron chi connectivity index (χ3n) is 6.40. The molecule has 2 aliphatic rings. The lowest BCUT2D eigenvalue weighted by Crippen LogP contribution is -2.52. The quantitative estimate of drug-likeness (QED) is 0.638. The van der Waals surface area contributed by atoms with E-state index in [4.69, 9.17) is 10.2 Å². The van der Waals surface area contributed by atoms with E-state index in [2.05, 4.69) is 10.2 Å². The van der Waals surface area contributed by atoms with E-state index >= 15 is 0 Å². The van der Waals surface area contributed by atoms with Crippen LogP contribution >= 0.6 is 0 Å². The summed E-state index contributed by atoms with van der Waals surface area (Å²) in [6.07, 6.45) is 4.52. The standard InChI is InChI=1S/C24H30N4O4/c25-22(29)19-8-3-11-27(15-19)12-5-10-26-23(30)20-14-17-6-1-2-7-18(17)16-28(20)24(31)21-9-4-13-32-21/h1-2,4,6-7,9,13,19-20H,3,5,8,10-12,14-16H2,(H2,25,29)(H,26,30). The number of amides is 3. The predicted octanol–water partition coefficient (Wildman–Crippen LogP) is 1.55. The first-order chi connectivity index (χ1) is 15.5. The van der Waals surface area contributed by atoms with E-state index in [0.717, 1.165) is 43.5 Å². The van der Waals surface area contributed by atoms with Gasteiger partial charge in [-0.15, -0.1) is 0 Å². The number of rotatable bonds is 7. The molecule has 0 aliphatic carbocycles. The van der Waals surface area contributed by atoms with Crippen molar-refractivity contribution in [2.45, 2.75) is 38.3 Å². The van der Waals surface area contributed by atoms with Crippen LogP contribution < -0.4 is 11.1 Å². The van der Waals surface area contributed by atoms with E-state index in [1.807, 2.05) is 24.3 Å². The zero-order valence-corrected chi connectivity index (χ0v) is 18.2. The van der Waals surface area contributed by atoms with Gasteiger partial charge in [-0.2, -0.15) is 0 Å². The van der Waals surface area contributed by atoms with Crippen molar-refractivity contribution in [3.05, 3.63) is 59.5 Å². The third-order valence-corrected chi connectivity index (χ3v) is 6.40. The van der Waals surface area contributed by atoms with E-state index in [0.29, 0.717) is 26.1 Å². The number of likely N-dealkylation sites (tertiary alicyclic amines) is 1. The van der Waals surface area contributed by atoms with Crippen LogP contribution in [0.25, 0.3) is 0 Å². The number of benzene rings is 1. The van der Waals surface area contributed by atoms with Crippen molar-refractivity contribution >= 4 is 17.7 Å². The third kappa shape index (κ3) is 5.02. The molecule has 32 heavy (non-hydrogen) atoms. The van der Waals surface area contributed by atoms with Gasteiger partial charge in [0.05, 0.1) is 12.2 Å². The van der Waals surface area contributed by atoms with Crippen molar-refractivity contribution < 1.29 is 18.8 Å². The molecule has 170 valence electrons. The van der Waals surface area contributed by atoms with Crippen LogP contribution in [-0.2, 0) is 22.6 Å². The van der Waals surface area contributed by atoms with Gasteiger partial charge in [-0.1, -0.05) is 24.3 Å². The summed E-state index contributed by atoms with van der Waals surface area (Å²) < 4.78 is 5.29. The van der Waals surface area contributed by atoms with Gasteiger partial charge in [-0.05, 0) is 55.6 Å². The van der Waals surface area contributed by atoms with E-state index in [1.54, 1.807) is 17.0 Å². The fraction of sp³-hybridized carbons (Fsp3) is 0.458. The smallest absolute Gasteiger partial charge is 0.290 e. The lowest BCUT2D eigenvalue weighted by molar-refractivity contribution is -0.126. The average molecular weight is 439 g/mol. The van der Waals surface area contributed by atoms with Crippen molar-refractivity contribution in [3.8, 4) is 0 Å². The lowest BCUT2D eigenvalue weighted by atomic mass is 9.93. The Morgan fingerprint density at radius 3 is 2.69 bits per heavy atom. The molecule has 0 saturated carbocycles. The molecule has 3 heterocycles. The summed E-state index contributed by atoms with van der Waals surface area (Å²) >= 11 is 0. The van der Waals surface area contributed by atoms with Crippen molar-refractivity contribution in [1.82, 2.24) is 15.1 Å². The Balaban J connectivity index is 1.35. The largest absolute Gasteiger partial charge is 0.459 e. The van der Waals surface area contributed by atoms with E-state index < -0.39 is 6.04 Å². The summed E-state index contributed by atoms with van der Waals surface area (Å²) in [4.78, 5) is 41.4. The minimum atomic E-state index is -0.586. The molecule has 0 radical (unpaired) electrons. The Hall–Kier alpha value is -3.13. The summed E-state index contributed by atoms with van der Waals surface area (Å²) in [7, 11) is 0. The van der Waals surface area contributed by atoms with Crippen molar-refractivity contribution in [3.63, 3.8) is 0 Å². The van der Waals surface area contributed by atoms with Gasteiger partial charge in [0.1, 0.15) is 6.04 Å². The number of carbonyl (C=O) groups excluding carboxylic acids is 3. The maximum Gasteiger partial charge on any atom is 0.290 e. The van der Waals surface area contributed by atoms with Crippen LogP contribution in [0.15, 0.2) is 47.1 Å². The molecule has 2 unspecified atom stereocenters. The fourth-order valence-corrected chi connectivity index (χ4v) is 4.64. The van der Waals surface area contributed by atoms with Gasteiger partial charge in [0.25, 0.3) is 5.91 Å². The Morgan fingerprint density at radius 1 is 1.12 bits per heavy atom. The van der Waals surface area contributed by atoms with Crippen LogP contribution in [0.5, 0.6) is 0 Å².